The van der Waals surface area contributed by atoms with Crippen molar-refractivity contribution in [3.63, 3.8) is 0 Å². The van der Waals surface area contributed by atoms with Crippen LogP contribution in [-0.2, 0) is 9.59 Å². The van der Waals surface area contributed by atoms with E-state index in [1.165, 1.54) is 24.3 Å². The molecular weight excluding hydrogens is 299 g/mol. The lowest BCUT2D eigenvalue weighted by molar-refractivity contribution is -0.127. The molecule has 6 heteroatoms. The summed E-state index contributed by atoms with van der Waals surface area (Å²) in [4.78, 5) is 23.4. The van der Waals surface area contributed by atoms with Crippen LogP contribution in [0.2, 0.25) is 0 Å². The van der Waals surface area contributed by atoms with Gasteiger partial charge in [0.05, 0.1) is 13.0 Å². The van der Waals surface area contributed by atoms with Crippen LogP contribution in [-0.4, -0.2) is 18.4 Å². The molecule has 0 saturated carbocycles. The Bertz CT molecular complexity index is 659. The fraction of sp³-hybridized carbons (Fsp3) is 0.176. The van der Waals surface area contributed by atoms with Gasteiger partial charge >= 0.3 is 0 Å². The molecule has 3 N–H and O–H groups in total. The molecule has 0 fully saturated rings. The maximum atomic E-state index is 12.8. The van der Waals surface area contributed by atoms with Gasteiger partial charge in [-0.25, -0.2) is 4.39 Å². The molecule has 0 unspecified atom stereocenters. The maximum Gasteiger partial charge on any atom is 0.244 e. The summed E-state index contributed by atoms with van der Waals surface area (Å²) in [6, 6.07) is 13.4. The summed E-state index contributed by atoms with van der Waals surface area (Å²) in [6.45, 7) is 0.109. The number of hydrogen-bond donors (Lipinski definition) is 2. The highest BCUT2D eigenvalue weighted by Crippen LogP contribution is 2.13. The smallest absolute Gasteiger partial charge is 0.244 e. The van der Waals surface area contributed by atoms with Crippen molar-refractivity contribution in [2.24, 2.45) is 5.73 Å². The minimum Gasteiger partial charge on any atom is -0.493 e. The van der Waals surface area contributed by atoms with Gasteiger partial charge in [-0.1, -0.05) is 30.3 Å². The van der Waals surface area contributed by atoms with E-state index < -0.39 is 11.9 Å². The van der Waals surface area contributed by atoms with Gasteiger partial charge < -0.3 is 15.8 Å². The molecule has 0 heterocycles. The summed E-state index contributed by atoms with van der Waals surface area (Å²) in [5, 5.41) is 2.57. The van der Waals surface area contributed by atoms with Gasteiger partial charge in [-0.3, -0.25) is 9.59 Å². The lowest BCUT2D eigenvalue weighted by Gasteiger charge is -2.16. The van der Waals surface area contributed by atoms with Crippen molar-refractivity contribution >= 4 is 11.8 Å². The maximum absolute atomic E-state index is 12.8. The molecule has 0 aromatic heterocycles. The third-order valence-corrected chi connectivity index (χ3v) is 3.13. The zero-order chi connectivity index (χ0) is 16.7. The molecule has 120 valence electrons. The minimum atomic E-state index is -0.880. The van der Waals surface area contributed by atoms with Gasteiger partial charge in [0, 0.05) is 0 Å². The molecule has 0 bridgehead atoms. The van der Waals surface area contributed by atoms with Gasteiger partial charge in [-0.2, -0.15) is 0 Å². The van der Waals surface area contributed by atoms with Crippen molar-refractivity contribution in [2.45, 2.75) is 12.5 Å². The van der Waals surface area contributed by atoms with Crippen LogP contribution in [0.4, 0.5) is 4.39 Å². The summed E-state index contributed by atoms with van der Waals surface area (Å²) >= 11 is 0. The number of amides is 2. The average Bonchev–Trinajstić information content (AvgIpc) is 2.55. The number of carbonyl (C=O) groups is 2. The molecule has 5 nitrogen and oxygen atoms in total. The predicted octanol–water partition coefficient (Wildman–Crippen LogP) is 1.94. The molecule has 0 aliphatic rings. The van der Waals surface area contributed by atoms with Gasteiger partial charge in [-0.05, 0) is 29.8 Å². The Hall–Kier alpha value is -2.89. The zero-order valence-electron chi connectivity index (χ0n) is 12.4. The molecule has 0 saturated heterocycles. The standard InChI is InChI=1S/C17H17FN2O3/c18-13-6-8-14(9-7-13)23-11-10-15(21)20-16(17(19)22)12-4-2-1-3-5-12/h1-9,16H,10-11H2,(H2,19,22)(H,20,21)/t16-/m1/s1. The van der Waals surface area contributed by atoms with E-state index in [2.05, 4.69) is 5.32 Å². The Morgan fingerprint density at radius 3 is 2.35 bits per heavy atom. The third kappa shape index (κ3) is 5.10. The SMILES string of the molecule is NC(=O)[C@H](NC(=O)CCOc1ccc(F)cc1)c1ccccc1. The van der Waals surface area contributed by atoms with E-state index in [1.807, 2.05) is 0 Å². The third-order valence-electron chi connectivity index (χ3n) is 3.13. The van der Waals surface area contributed by atoms with Crippen molar-refractivity contribution in [3.05, 3.63) is 66.0 Å². The van der Waals surface area contributed by atoms with Gasteiger partial charge in [0.25, 0.3) is 0 Å². The second-order valence-corrected chi connectivity index (χ2v) is 4.87. The van der Waals surface area contributed by atoms with Gasteiger partial charge in [0.2, 0.25) is 11.8 Å². The van der Waals surface area contributed by atoms with Crippen molar-refractivity contribution < 1.29 is 18.7 Å². The van der Waals surface area contributed by atoms with Crippen LogP contribution in [0, 0.1) is 5.82 Å². The number of primary amides is 1. The highest BCUT2D eigenvalue weighted by molar-refractivity contribution is 5.87. The quantitative estimate of drug-likeness (QED) is 0.819. The van der Waals surface area contributed by atoms with E-state index in [0.29, 0.717) is 11.3 Å². The van der Waals surface area contributed by atoms with Crippen LogP contribution in [0.15, 0.2) is 54.6 Å². The van der Waals surface area contributed by atoms with Crippen molar-refractivity contribution in [1.82, 2.24) is 5.32 Å². The van der Waals surface area contributed by atoms with Crippen molar-refractivity contribution in [1.29, 1.82) is 0 Å². The van der Waals surface area contributed by atoms with Crippen LogP contribution < -0.4 is 15.8 Å². The Morgan fingerprint density at radius 2 is 1.74 bits per heavy atom. The number of nitrogens with one attached hydrogen (secondary N) is 1. The molecule has 2 aromatic carbocycles. The molecule has 2 aromatic rings. The predicted molar refractivity (Wildman–Crippen MR) is 83.0 cm³/mol. The Labute approximate surface area is 133 Å². The molecule has 0 aliphatic carbocycles. The normalized spacial score (nSPS) is 11.5. The van der Waals surface area contributed by atoms with E-state index in [1.54, 1.807) is 30.3 Å². The second-order valence-electron chi connectivity index (χ2n) is 4.87. The van der Waals surface area contributed by atoms with E-state index in [0.717, 1.165) is 0 Å². The van der Waals surface area contributed by atoms with E-state index in [9.17, 15) is 14.0 Å². The molecule has 0 aliphatic heterocycles. The number of nitrogens with two attached hydrogens (primary N) is 1. The van der Waals surface area contributed by atoms with Crippen molar-refractivity contribution in [3.8, 4) is 5.75 Å². The summed E-state index contributed by atoms with van der Waals surface area (Å²) in [5.41, 5.74) is 5.95. The van der Waals surface area contributed by atoms with E-state index in [4.69, 9.17) is 10.5 Å². The lowest BCUT2D eigenvalue weighted by Crippen LogP contribution is -2.37. The summed E-state index contributed by atoms with van der Waals surface area (Å²) < 4.78 is 18.1. The largest absolute Gasteiger partial charge is 0.493 e. The van der Waals surface area contributed by atoms with Crippen LogP contribution in [0.1, 0.15) is 18.0 Å². The molecule has 0 radical (unpaired) electrons. The first-order valence-electron chi connectivity index (χ1n) is 7.08. The van der Waals surface area contributed by atoms with Crippen molar-refractivity contribution in [2.75, 3.05) is 6.61 Å². The molecule has 23 heavy (non-hydrogen) atoms. The number of benzene rings is 2. The first-order chi connectivity index (χ1) is 11.1. The highest BCUT2D eigenvalue weighted by atomic mass is 19.1. The van der Waals surface area contributed by atoms with E-state index in [-0.39, 0.29) is 24.8 Å². The van der Waals surface area contributed by atoms with Gasteiger partial charge in [0.1, 0.15) is 17.6 Å². The zero-order valence-corrected chi connectivity index (χ0v) is 12.4. The molecule has 1 atom stereocenters. The van der Waals surface area contributed by atoms with Crippen LogP contribution in [0.3, 0.4) is 0 Å². The van der Waals surface area contributed by atoms with Crippen LogP contribution >= 0.6 is 0 Å². The lowest BCUT2D eigenvalue weighted by atomic mass is 10.1. The first kappa shape index (κ1) is 16.5. The van der Waals surface area contributed by atoms with Crippen LogP contribution in [0.5, 0.6) is 5.75 Å². The number of hydrogen-bond acceptors (Lipinski definition) is 3. The molecule has 2 rings (SSSR count). The molecule has 0 spiro atoms. The van der Waals surface area contributed by atoms with Gasteiger partial charge in [0.15, 0.2) is 0 Å². The van der Waals surface area contributed by atoms with Gasteiger partial charge in [-0.15, -0.1) is 0 Å². The summed E-state index contributed by atoms with van der Waals surface area (Å²) in [5.74, 6) is -0.889. The minimum absolute atomic E-state index is 0.0496. The highest BCUT2D eigenvalue weighted by Gasteiger charge is 2.19. The Balaban J connectivity index is 1.85. The second kappa shape index (κ2) is 7.93. The number of carbonyl (C=O) groups excluding carboxylic acids is 2. The number of ether oxygens (including phenoxy) is 1. The fourth-order valence-corrected chi connectivity index (χ4v) is 1.99. The Kier molecular flexibility index (Phi) is 5.68. The monoisotopic (exact) mass is 316 g/mol. The Morgan fingerprint density at radius 1 is 1.09 bits per heavy atom. The van der Waals surface area contributed by atoms with Crippen LogP contribution in [0.25, 0.3) is 0 Å². The van der Waals surface area contributed by atoms with E-state index >= 15 is 0 Å². The topological polar surface area (TPSA) is 81.4 Å². The summed E-state index contributed by atoms with van der Waals surface area (Å²) in [7, 11) is 0. The summed E-state index contributed by atoms with van der Waals surface area (Å²) in [6.07, 6.45) is 0.0496. The first-order valence-corrected chi connectivity index (χ1v) is 7.08. The number of rotatable bonds is 7. The molecular formula is C17H17FN2O3. The number of halogens is 1. The fourth-order valence-electron chi connectivity index (χ4n) is 1.99. The molecule has 2 amide bonds. The average molecular weight is 316 g/mol.